The van der Waals surface area contributed by atoms with Crippen LogP contribution in [0.2, 0.25) is 0 Å². The molecule has 144 valence electrons. The molecule has 3 rings (SSSR count). The van der Waals surface area contributed by atoms with E-state index in [0.29, 0.717) is 21.9 Å². The third-order valence-electron chi connectivity index (χ3n) is 4.60. The van der Waals surface area contributed by atoms with Gasteiger partial charge in [0.25, 0.3) is 5.69 Å². The Balaban J connectivity index is 2.14. The third-order valence-corrected chi connectivity index (χ3v) is 4.90. The molecule has 0 saturated carbocycles. The Hall–Kier alpha value is -3.26. The number of nitrogens with one attached hydrogen (secondary N) is 1. The van der Waals surface area contributed by atoms with Gasteiger partial charge in [0.15, 0.2) is 5.11 Å². The Labute approximate surface area is 167 Å². The molecule has 0 aliphatic carbocycles. The molecule has 0 saturated heterocycles. The maximum atomic E-state index is 12.6. The summed E-state index contributed by atoms with van der Waals surface area (Å²) >= 11 is 5.55. The Morgan fingerprint density at radius 3 is 2.50 bits per heavy atom. The number of non-ortho nitro benzene ring substituents is 1. The summed E-state index contributed by atoms with van der Waals surface area (Å²) in [5.74, 6) is -0.527. The van der Waals surface area contributed by atoms with Crippen LogP contribution in [-0.4, -0.2) is 23.1 Å². The molecule has 7 nitrogen and oxygen atoms in total. The van der Waals surface area contributed by atoms with Gasteiger partial charge in [-0.05, 0) is 43.8 Å². The van der Waals surface area contributed by atoms with Crippen LogP contribution < -0.4 is 10.2 Å². The molecule has 0 unspecified atom stereocenters. The summed E-state index contributed by atoms with van der Waals surface area (Å²) in [7, 11) is 1.30. The van der Waals surface area contributed by atoms with E-state index in [4.69, 9.17) is 17.0 Å². The lowest BCUT2D eigenvalue weighted by Crippen LogP contribution is -2.48. The number of carbonyl (C=O) groups is 1. The second-order valence-corrected chi connectivity index (χ2v) is 6.78. The number of ether oxygens (including phenoxy) is 1. The molecule has 1 N–H and O–H groups in total. The van der Waals surface area contributed by atoms with Gasteiger partial charge in [0, 0.05) is 23.5 Å². The average Bonchev–Trinajstić information content (AvgIpc) is 2.68. The predicted molar refractivity (Wildman–Crippen MR) is 110 cm³/mol. The van der Waals surface area contributed by atoms with Crippen molar-refractivity contribution >= 4 is 34.7 Å². The molecule has 1 heterocycles. The molecule has 8 heteroatoms. The first-order valence-corrected chi connectivity index (χ1v) is 8.95. The van der Waals surface area contributed by atoms with Crippen LogP contribution >= 0.6 is 12.2 Å². The zero-order chi connectivity index (χ0) is 20.4. The maximum absolute atomic E-state index is 12.6. The Kier molecular flexibility index (Phi) is 5.41. The lowest BCUT2D eigenvalue weighted by atomic mass is 9.94. The molecule has 0 bridgehead atoms. The molecule has 0 fully saturated rings. The third kappa shape index (κ3) is 3.59. The molecule has 0 aromatic heterocycles. The first kappa shape index (κ1) is 19.5. The van der Waals surface area contributed by atoms with Gasteiger partial charge >= 0.3 is 5.97 Å². The lowest BCUT2D eigenvalue weighted by molar-refractivity contribution is -0.384. The predicted octanol–water partition coefficient (Wildman–Crippen LogP) is 3.79. The summed E-state index contributed by atoms with van der Waals surface area (Å²) in [6.45, 7) is 3.76. The number of thiocarbonyl (C=S) groups is 1. The van der Waals surface area contributed by atoms with E-state index in [-0.39, 0.29) is 5.69 Å². The van der Waals surface area contributed by atoms with E-state index in [1.165, 1.54) is 19.2 Å². The summed E-state index contributed by atoms with van der Waals surface area (Å²) in [4.78, 5) is 25.0. The minimum Gasteiger partial charge on any atom is -0.466 e. The molecule has 0 radical (unpaired) electrons. The summed E-state index contributed by atoms with van der Waals surface area (Å²) in [6.07, 6.45) is 0. The van der Waals surface area contributed by atoms with Crippen LogP contribution in [-0.2, 0) is 9.53 Å². The van der Waals surface area contributed by atoms with Crippen LogP contribution in [0.1, 0.15) is 24.1 Å². The molecule has 1 aliphatic heterocycles. The minimum atomic E-state index is -0.651. The lowest BCUT2D eigenvalue weighted by Gasteiger charge is -2.37. The number of anilines is 1. The Morgan fingerprint density at radius 2 is 1.89 bits per heavy atom. The van der Waals surface area contributed by atoms with Gasteiger partial charge < -0.3 is 10.1 Å². The Morgan fingerprint density at radius 1 is 1.21 bits per heavy atom. The van der Waals surface area contributed by atoms with E-state index >= 15 is 0 Å². The second-order valence-electron chi connectivity index (χ2n) is 6.40. The first-order valence-electron chi connectivity index (χ1n) is 8.54. The molecule has 2 aromatic rings. The molecule has 1 atom stereocenters. The van der Waals surface area contributed by atoms with Crippen molar-refractivity contribution in [2.75, 3.05) is 12.0 Å². The van der Waals surface area contributed by atoms with Gasteiger partial charge in [0.1, 0.15) is 0 Å². The quantitative estimate of drug-likeness (QED) is 0.364. The number of methoxy groups -OCH3 is 1. The number of hydrogen-bond donors (Lipinski definition) is 1. The molecule has 28 heavy (non-hydrogen) atoms. The van der Waals surface area contributed by atoms with Gasteiger partial charge in [0.2, 0.25) is 0 Å². The van der Waals surface area contributed by atoms with Crippen molar-refractivity contribution < 1.29 is 14.5 Å². The highest BCUT2D eigenvalue weighted by Gasteiger charge is 2.35. The average molecular weight is 397 g/mol. The van der Waals surface area contributed by atoms with Crippen molar-refractivity contribution in [3.05, 3.63) is 81.0 Å². The highest BCUT2D eigenvalue weighted by atomic mass is 32.1. The number of benzene rings is 2. The standard InChI is InChI=1S/C20H19N3O4S/c1-12-7-9-15(10-8-12)22-13(2)17(19(24)27-3)18(21-20(22)28)14-5-4-6-16(11-14)23(25)26/h4-11,18H,1-3H3,(H,21,28)/t18-/m1/s1. The van der Waals surface area contributed by atoms with E-state index in [2.05, 4.69) is 5.32 Å². The van der Waals surface area contributed by atoms with Gasteiger partial charge in [-0.3, -0.25) is 15.0 Å². The fourth-order valence-electron chi connectivity index (χ4n) is 3.19. The molecule has 1 aliphatic rings. The fraction of sp³-hybridized carbons (Fsp3) is 0.200. The molecule has 0 spiro atoms. The summed E-state index contributed by atoms with van der Waals surface area (Å²) in [5.41, 5.74) is 3.35. The number of hydrogen-bond acceptors (Lipinski definition) is 5. The summed E-state index contributed by atoms with van der Waals surface area (Å²) < 4.78 is 4.99. The van der Waals surface area contributed by atoms with Crippen LogP contribution in [0.5, 0.6) is 0 Å². The van der Waals surface area contributed by atoms with Crippen LogP contribution in [0.3, 0.4) is 0 Å². The van der Waals surface area contributed by atoms with Crippen molar-refractivity contribution in [3.63, 3.8) is 0 Å². The van der Waals surface area contributed by atoms with Crippen molar-refractivity contribution in [3.8, 4) is 0 Å². The summed E-state index contributed by atoms with van der Waals surface area (Å²) in [6, 6.07) is 13.2. The number of allylic oxidation sites excluding steroid dienone is 1. The minimum absolute atomic E-state index is 0.0620. The molecule has 0 amide bonds. The Bertz CT molecular complexity index is 985. The van der Waals surface area contributed by atoms with Crippen molar-refractivity contribution in [2.45, 2.75) is 19.9 Å². The number of esters is 1. The van der Waals surface area contributed by atoms with Gasteiger partial charge in [-0.2, -0.15) is 0 Å². The van der Waals surface area contributed by atoms with Gasteiger partial charge in [-0.25, -0.2) is 4.79 Å². The van der Waals surface area contributed by atoms with E-state index in [1.54, 1.807) is 24.0 Å². The largest absolute Gasteiger partial charge is 0.466 e. The van der Waals surface area contributed by atoms with E-state index in [0.717, 1.165) is 11.3 Å². The van der Waals surface area contributed by atoms with Gasteiger partial charge in [-0.1, -0.05) is 29.8 Å². The van der Waals surface area contributed by atoms with E-state index < -0.39 is 16.9 Å². The van der Waals surface area contributed by atoms with E-state index in [1.807, 2.05) is 31.2 Å². The van der Waals surface area contributed by atoms with Crippen molar-refractivity contribution in [2.24, 2.45) is 0 Å². The first-order chi connectivity index (χ1) is 13.3. The van der Waals surface area contributed by atoms with Crippen molar-refractivity contribution in [1.82, 2.24) is 5.32 Å². The topological polar surface area (TPSA) is 84.7 Å². The fourth-order valence-corrected chi connectivity index (χ4v) is 3.55. The SMILES string of the molecule is COC(=O)C1=C(C)N(c2ccc(C)cc2)C(=S)N[C@@H]1c1cccc([N+](=O)[O-])c1. The second kappa shape index (κ2) is 7.77. The van der Waals surface area contributed by atoms with Crippen LogP contribution in [0.4, 0.5) is 11.4 Å². The van der Waals surface area contributed by atoms with Crippen LogP contribution in [0, 0.1) is 17.0 Å². The summed E-state index contributed by atoms with van der Waals surface area (Å²) in [5, 5.41) is 14.7. The molecular weight excluding hydrogens is 378 g/mol. The van der Waals surface area contributed by atoms with Crippen molar-refractivity contribution in [1.29, 1.82) is 0 Å². The van der Waals surface area contributed by atoms with Gasteiger partial charge in [-0.15, -0.1) is 0 Å². The smallest absolute Gasteiger partial charge is 0.337 e. The zero-order valence-electron chi connectivity index (χ0n) is 15.6. The van der Waals surface area contributed by atoms with Crippen LogP contribution in [0.25, 0.3) is 0 Å². The number of carbonyl (C=O) groups excluding carboxylic acids is 1. The highest BCUT2D eigenvalue weighted by molar-refractivity contribution is 7.80. The molecular formula is C20H19N3O4S. The zero-order valence-corrected chi connectivity index (χ0v) is 16.4. The number of nitro groups is 1. The number of rotatable bonds is 4. The number of nitrogens with zero attached hydrogens (tertiary/aromatic N) is 2. The normalized spacial score (nSPS) is 16.6. The maximum Gasteiger partial charge on any atom is 0.337 e. The number of nitro benzene ring substituents is 1. The van der Waals surface area contributed by atoms with Crippen LogP contribution in [0.15, 0.2) is 59.8 Å². The molecule has 2 aromatic carbocycles. The highest BCUT2D eigenvalue weighted by Crippen LogP contribution is 2.35. The van der Waals surface area contributed by atoms with Gasteiger partial charge in [0.05, 0.1) is 23.6 Å². The number of aryl methyl sites for hydroxylation is 1. The monoisotopic (exact) mass is 397 g/mol. The van der Waals surface area contributed by atoms with E-state index in [9.17, 15) is 14.9 Å².